The first-order valence-electron chi connectivity index (χ1n) is 23.5. The fraction of sp³-hybridized carbons (Fsp3) is 0.640. The van der Waals surface area contributed by atoms with E-state index in [4.69, 9.17) is 9.47 Å². The number of aliphatic carboxylic acids is 1. The third-order valence-electron chi connectivity index (χ3n) is 13.3. The van der Waals surface area contributed by atoms with Crippen molar-refractivity contribution < 1.29 is 52.9 Å². The molecule has 1 fully saturated rings. The summed E-state index contributed by atoms with van der Waals surface area (Å²) in [5.74, 6) is -5.49. The van der Waals surface area contributed by atoms with E-state index in [1.807, 2.05) is 47.6 Å². The lowest BCUT2D eigenvalue weighted by Crippen LogP contribution is -2.60. The Morgan fingerprint density at radius 1 is 0.851 bits per heavy atom. The summed E-state index contributed by atoms with van der Waals surface area (Å²) < 4.78 is 11.9. The number of likely N-dealkylation sites (tertiary alicyclic amines) is 1. The van der Waals surface area contributed by atoms with E-state index in [9.17, 15) is 43.5 Å². The molecule has 1 aromatic rings. The normalized spacial score (nSPS) is 18.6. The Morgan fingerprint density at radius 2 is 1.48 bits per heavy atom. The summed E-state index contributed by atoms with van der Waals surface area (Å²) in [6.45, 7) is 17.5. The molecule has 0 aliphatic carbocycles. The van der Waals surface area contributed by atoms with Crippen molar-refractivity contribution in [2.45, 2.75) is 142 Å². The third kappa shape index (κ3) is 15.0. The van der Waals surface area contributed by atoms with Gasteiger partial charge in [-0.1, -0.05) is 104 Å². The van der Waals surface area contributed by atoms with Gasteiger partial charge in [0, 0.05) is 66.4 Å². The largest absolute Gasteiger partial charge is 0.480 e. The average molecular weight is 937 g/mol. The molecule has 67 heavy (non-hydrogen) atoms. The fourth-order valence-corrected chi connectivity index (χ4v) is 9.21. The quantitative estimate of drug-likeness (QED) is 0.0652. The van der Waals surface area contributed by atoms with Crippen LogP contribution in [0.4, 0.5) is 0 Å². The number of unbranched alkanes of at least 4 members (excludes halogenated alkanes) is 2. The summed E-state index contributed by atoms with van der Waals surface area (Å²) in [5.41, 5.74) is 1.51. The summed E-state index contributed by atoms with van der Waals surface area (Å²) in [6.07, 6.45) is 3.62. The minimum atomic E-state index is -1.18. The molecule has 3 unspecified atom stereocenters. The van der Waals surface area contributed by atoms with Gasteiger partial charge in [0.05, 0.1) is 36.6 Å². The Bertz CT molecular complexity index is 1920. The van der Waals surface area contributed by atoms with Crippen molar-refractivity contribution in [1.82, 2.24) is 30.2 Å². The summed E-state index contributed by atoms with van der Waals surface area (Å²) >= 11 is 0. The molecule has 3 N–H and O–H groups in total. The molecule has 0 radical (unpaired) electrons. The zero-order valence-corrected chi connectivity index (χ0v) is 41.5. The van der Waals surface area contributed by atoms with Crippen molar-refractivity contribution in [3.63, 3.8) is 0 Å². The molecule has 7 amide bonds. The van der Waals surface area contributed by atoms with Crippen molar-refractivity contribution >= 4 is 47.3 Å². The molecule has 2 heterocycles. The van der Waals surface area contributed by atoms with Crippen LogP contribution in [0, 0.1) is 23.7 Å². The van der Waals surface area contributed by atoms with Gasteiger partial charge >= 0.3 is 5.97 Å². The summed E-state index contributed by atoms with van der Waals surface area (Å²) in [4.78, 5) is 112. The second-order valence-electron chi connectivity index (χ2n) is 18.8. The van der Waals surface area contributed by atoms with Crippen LogP contribution in [0.15, 0.2) is 54.6 Å². The number of carbonyl (C=O) groups excluding carboxylic acids is 7. The summed E-state index contributed by atoms with van der Waals surface area (Å²) in [6, 6.07) is 4.73. The van der Waals surface area contributed by atoms with Crippen LogP contribution in [0.5, 0.6) is 0 Å². The number of likely N-dealkylation sites (N-methyl/N-ethyl adjacent to an activating group) is 2. The highest BCUT2D eigenvalue weighted by atomic mass is 16.5. The molecule has 17 nitrogen and oxygen atoms in total. The second-order valence-corrected chi connectivity index (χ2v) is 18.8. The Balaban J connectivity index is 1.74. The molecule has 1 aromatic carbocycles. The molecular weight excluding hydrogens is 861 g/mol. The van der Waals surface area contributed by atoms with Crippen molar-refractivity contribution in [2.75, 3.05) is 41.4 Å². The van der Waals surface area contributed by atoms with E-state index in [-0.39, 0.29) is 79.6 Å². The highest BCUT2D eigenvalue weighted by Crippen LogP contribution is 2.31. The molecule has 0 spiro atoms. The minimum Gasteiger partial charge on any atom is -0.480 e. The van der Waals surface area contributed by atoms with E-state index >= 15 is 0 Å². The molecule has 0 aromatic heterocycles. The molecule has 0 saturated carbocycles. The van der Waals surface area contributed by atoms with E-state index in [0.717, 1.165) is 11.1 Å². The molecule has 2 aliphatic heterocycles. The van der Waals surface area contributed by atoms with Gasteiger partial charge in [-0.25, -0.2) is 4.79 Å². The number of nitrogens with zero attached hydrogens (tertiary/aromatic N) is 4. The lowest BCUT2D eigenvalue weighted by Gasteiger charge is -2.41. The van der Waals surface area contributed by atoms with E-state index in [1.54, 1.807) is 55.1 Å². The molecular formula is C50H76N6O11. The van der Waals surface area contributed by atoms with Gasteiger partial charge in [0.15, 0.2) is 0 Å². The first kappa shape index (κ1) is 55.9. The van der Waals surface area contributed by atoms with Crippen LogP contribution in [0.2, 0.25) is 0 Å². The fourth-order valence-electron chi connectivity index (χ4n) is 9.21. The molecule has 0 bridgehead atoms. The van der Waals surface area contributed by atoms with Crippen LogP contribution in [0.1, 0.15) is 99.0 Å². The molecule has 372 valence electrons. The lowest BCUT2D eigenvalue weighted by molar-refractivity contribution is -0.149. The Kier molecular flexibility index (Phi) is 21.9. The van der Waals surface area contributed by atoms with Crippen molar-refractivity contribution in [3.8, 4) is 0 Å². The number of hydrogen-bond donors (Lipinski definition) is 3. The molecule has 1 saturated heterocycles. The maximum Gasteiger partial charge on any atom is 0.326 e. The Labute approximate surface area is 397 Å². The van der Waals surface area contributed by atoms with Crippen molar-refractivity contribution in [3.05, 3.63) is 60.2 Å². The number of imide groups is 1. The molecule has 17 heteroatoms. The smallest absolute Gasteiger partial charge is 0.326 e. The molecule has 3 rings (SSSR count). The summed E-state index contributed by atoms with van der Waals surface area (Å²) in [7, 11) is 6.15. The van der Waals surface area contributed by atoms with Gasteiger partial charge < -0.3 is 39.9 Å². The molecule has 9 atom stereocenters. The number of carboxylic acids is 1. The average Bonchev–Trinajstić information content (AvgIpc) is 3.83. The van der Waals surface area contributed by atoms with Crippen LogP contribution < -0.4 is 10.6 Å². The van der Waals surface area contributed by atoms with Crippen molar-refractivity contribution in [1.29, 1.82) is 0 Å². The van der Waals surface area contributed by atoms with Gasteiger partial charge in [0.25, 0.3) is 11.8 Å². The number of methoxy groups -OCH3 is 2. The predicted molar refractivity (Wildman–Crippen MR) is 253 cm³/mol. The number of ether oxygens (including phenoxy) is 2. The number of nitrogens with one attached hydrogen (secondary N) is 2. The first-order chi connectivity index (χ1) is 31.6. The monoisotopic (exact) mass is 937 g/mol. The van der Waals surface area contributed by atoms with Crippen LogP contribution in [-0.4, -0.2) is 156 Å². The highest BCUT2D eigenvalue weighted by Gasteiger charge is 2.44. The van der Waals surface area contributed by atoms with Gasteiger partial charge in [0.2, 0.25) is 29.5 Å². The van der Waals surface area contributed by atoms with Gasteiger partial charge in [-0.3, -0.25) is 38.5 Å². The van der Waals surface area contributed by atoms with Gasteiger partial charge in [-0.15, -0.1) is 0 Å². The second kappa shape index (κ2) is 26.2. The maximum atomic E-state index is 14.6. The minimum absolute atomic E-state index is 0.0856. The van der Waals surface area contributed by atoms with E-state index in [0.29, 0.717) is 32.1 Å². The maximum absolute atomic E-state index is 14.6. The number of rotatable bonds is 27. The zero-order valence-electron chi connectivity index (χ0n) is 41.5. The Morgan fingerprint density at radius 3 is 2.01 bits per heavy atom. The van der Waals surface area contributed by atoms with E-state index in [2.05, 4.69) is 17.2 Å². The number of carboxylic acid groups (broad SMARTS) is 1. The van der Waals surface area contributed by atoms with Gasteiger partial charge in [-0.2, -0.15) is 0 Å². The third-order valence-corrected chi connectivity index (χ3v) is 13.3. The van der Waals surface area contributed by atoms with Crippen LogP contribution in [-0.2, 0) is 54.3 Å². The van der Waals surface area contributed by atoms with Gasteiger partial charge in [-0.05, 0) is 42.6 Å². The first-order valence-corrected chi connectivity index (χ1v) is 23.5. The summed E-state index contributed by atoms with van der Waals surface area (Å²) in [5, 5.41) is 15.6. The van der Waals surface area contributed by atoms with Crippen molar-refractivity contribution in [2.24, 2.45) is 23.7 Å². The topological polar surface area (TPSA) is 212 Å². The predicted octanol–water partition coefficient (Wildman–Crippen LogP) is 3.99. The lowest BCUT2D eigenvalue weighted by atomic mass is 9.89. The Hall–Kier alpha value is -5.42. The van der Waals surface area contributed by atoms with E-state index < -0.39 is 66.1 Å². The van der Waals surface area contributed by atoms with Crippen LogP contribution >= 0.6 is 0 Å². The number of benzene rings is 1. The number of carbonyl (C=O) groups is 8. The molecule has 2 aliphatic rings. The SMILES string of the molecule is C=C1C[C@@H]([C@H](OC)C(C)C(=O)N[C@@H](Cc2ccccc2)C(=O)O)N(C(=O)C[C@@H](OC)C([C@@H](C)CC)N(C)C(=O)[C@@H](NC(=O)C(C(C)C)N(C)C(=O)CCCCCN2C(=O)C=CC2=O)C(C)C)C1. The number of hydrogen-bond acceptors (Lipinski definition) is 10. The number of amides is 7. The zero-order chi connectivity index (χ0) is 50.3. The standard InChI is InChI=1S/C50H76N6O11/c1-13-33(7)45(54(10)49(63)43(30(2)3)52-48(62)44(31(4)5)53(9)39(57)22-18-15-19-25-55-40(58)23-24-41(55)59)38(66-11)28-42(60)56-29-32(6)26-37(56)46(67-12)34(8)47(61)51-36(50(64)65)27-35-20-16-14-17-21-35/h14,16-17,20-21,23-24,30-31,33-34,36-38,43-46H,6,13,15,18-19,22,25-29H2,1-5,7-12H3,(H,51,61)(H,52,62)(H,64,65)/t33-,34?,36-,37-,38+,43-,44?,45?,46+/m0/s1. The van der Waals surface area contributed by atoms with E-state index in [1.165, 1.54) is 36.2 Å². The van der Waals surface area contributed by atoms with Crippen LogP contribution in [0.25, 0.3) is 0 Å². The highest BCUT2D eigenvalue weighted by molar-refractivity contribution is 6.12. The van der Waals surface area contributed by atoms with Crippen LogP contribution in [0.3, 0.4) is 0 Å². The van der Waals surface area contributed by atoms with Gasteiger partial charge in [0.1, 0.15) is 18.1 Å².